The van der Waals surface area contributed by atoms with Gasteiger partial charge in [0.15, 0.2) is 23.0 Å². The van der Waals surface area contributed by atoms with Crippen LogP contribution in [0, 0.1) is 11.8 Å². The van der Waals surface area contributed by atoms with Crippen LogP contribution in [0.25, 0.3) is 10.8 Å². The van der Waals surface area contributed by atoms with Crippen LogP contribution in [0.4, 0.5) is 11.5 Å². The molecule has 0 radical (unpaired) electrons. The minimum Gasteiger partial charge on any atom is -0.508 e. The highest BCUT2D eigenvalue weighted by Crippen LogP contribution is 2.55. The number of aliphatic hydroxyl groups is 2. The Morgan fingerprint density at radius 1 is 0.952 bits per heavy atom. The second-order valence-corrected chi connectivity index (χ2v) is 17.3. The summed E-state index contributed by atoms with van der Waals surface area (Å²) in [5, 5.41) is 73.0. The van der Waals surface area contributed by atoms with Crippen molar-refractivity contribution in [1.82, 2.24) is 9.97 Å². The van der Waals surface area contributed by atoms with Crippen LogP contribution in [0.5, 0.6) is 34.5 Å². The standard InChI is InChI=1S/C50H53N3O9/c1-61-45-25-31(24-44(59)48(45)60)29-6-11-37-35-12-10-34(54)22-30(35)7-13-39(37)53-46-26-32(17-20-52-46)50(18-16-40(55)38(50)27-33-4-2-19-51-33)47(43(58)23-29)41(56)14-8-28-9-15-42(57)49-36(28)5-3-21-62-49/h2,4,7,9-10,12-13,15,17,19-20,22,24-26,29,38,40-41,47,51,54-57,59-60H,3,5-6,8,11,14,16,18,21,23,27H2,1H3,(H,52,53). The summed E-state index contributed by atoms with van der Waals surface area (Å²) in [5.74, 6) is -1.67. The summed E-state index contributed by atoms with van der Waals surface area (Å²) < 4.78 is 11.4. The van der Waals surface area contributed by atoms with E-state index in [-0.39, 0.29) is 41.6 Å². The normalized spacial score (nSPS) is 23.0. The van der Waals surface area contributed by atoms with Crippen molar-refractivity contribution >= 4 is 28.1 Å². The third kappa shape index (κ3) is 7.55. The molecule has 1 spiro atoms. The molecular formula is C50H53N3O9. The predicted octanol–water partition coefficient (Wildman–Crippen LogP) is 8.01. The number of hydrogen-bond donors (Lipinski definition) is 8. The number of nitrogens with zero attached hydrogens (tertiary/aromatic N) is 1. The first-order valence-corrected chi connectivity index (χ1v) is 21.6. The maximum Gasteiger partial charge on any atom is 0.200 e. The molecule has 2 aromatic heterocycles. The number of nitrogens with one attached hydrogen (secondary N) is 2. The third-order valence-corrected chi connectivity index (χ3v) is 13.9. The fourth-order valence-corrected chi connectivity index (χ4v) is 10.9. The summed E-state index contributed by atoms with van der Waals surface area (Å²) in [4.78, 5) is 23.9. The summed E-state index contributed by atoms with van der Waals surface area (Å²) in [6.45, 7) is 0.510. The van der Waals surface area contributed by atoms with E-state index in [1.54, 1.807) is 30.5 Å². The highest BCUT2D eigenvalue weighted by atomic mass is 16.5. The number of rotatable bonds is 8. The smallest absolute Gasteiger partial charge is 0.200 e. The number of ether oxygens (including phenoxy) is 2. The van der Waals surface area contributed by atoms with E-state index < -0.39 is 41.1 Å². The van der Waals surface area contributed by atoms with Crippen LogP contribution in [0.2, 0.25) is 0 Å². The summed E-state index contributed by atoms with van der Waals surface area (Å²) in [5.41, 5.74) is 4.79. The Morgan fingerprint density at radius 2 is 1.82 bits per heavy atom. The minimum absolute atomic E-state index is 0.0309. The number of anilines is 2. The Balaban J connectivity index is 1.22. The number of pyridine rings is 1. The van der Waals surface area contributed by atoms with Crippen molar-refractivity contribution < 1.29 is 44.9 Å². The highest BCUT2D eigenvalue weighted by molar-refractivity contribution is 5.92. The fourth-order valence-electron chi connectivity index (χ4n) is 10.9. The van der Waals surface area contributed by atoms with Crippen molar-refractivity contribution in [2.45, 2.75) is 87.7 Å². The molecule has 6 atom stereocenters. The van der Waals surface area contributed by atoms with Gasteiger partial charge < -0.3 is 50.4 Å². The number of carbonyl (C=O) groups excluding carboxylic acids is 1. The van der Waals surface area contributed by atoms with Gasteiger partial charge in [0.1, 0.15) is 17.4 Å². The zero-order valence-electron chi connectivity index (χ0n) is 34.7. The quantitative estimate of drug-likeness (QED) is 0.0691. The summed E-state index contributed by atoms with van der Waals surface area (Å²) in [7, 11) is 1.41. The highest BCUT2D eigenvalue weighted by Gasteiger charge is 2.57. The molecule has 12 heteroatoms. The molecule has 6 unspecified atom stereocenters. The molecule has 4 aromatic carbocycles. The molecule has 2 aliphatic heterocycles. The number of carbonyl (C=O) groups is 1. The molecule has 0 amide bonds. The van der Waals surface area contributed by atoms with Crippen molar-refractivity contribution in [1.29, 1.82) is 0 Å². The Kier molecular flexibility index (Phi) is 11.2. The Bertz CT molecular complexity index is 2610. The summed E-state index contributed by atoms with van der Waals surface area (Å²) in [6, 6.07) is 23.5. The molecule has 8 N–H and O–H groups in total. The second kappa shape index (κ2) is 16.9. The number of phenolic OH excluding ortho intramolecular Hbond substituents is 4. The molecule has 0 saturated heterocycles. The number of methoxy groups -OCH3 is 1. The van der Waals surface area contributed by atoms with Crippen molar-refractivity contribution in [3.63, 3.8) is 0 Å². The van der Waals surface area contributed by atoms with Crippen LogP contribution in [-0.2, 0) is 35.9 Å². The number of aromatic amines is 1. The summed E-state index contributed by atoms with van der Waals surface area (Å²) in [6.07, 6.45) is 5.88. The Labute approximate surface area is 359 Å². The topological polar surface area (TPSA) is 198 Å². The molecule has 1 saturated carbocycles. The predicted molar refractivity (Wildman–Crippen MR) is 235 cm³/mol. The van der Waals surface area contributed by atoms with Gasteiger partial charge in [-0.3, -0.25) is 4.79 Å². The van der Waals surface area contributed by atoms with Crippen LogP contribution in [0.1, 0.15) is 78.0 Å². The van der Waals surface area contributed by atoms with Crippen molar-refractivity contribution in [3.05, 3.63) is 125 Å². The zero-order valence-corrected chi connectivity index (χ0v) is 34.7. The van der Waals surface area contributed by atoms with Gasteiger partial charge in [-0.2, -0.15) is 0 Å². The van der Waals surface area contributed by atoms with E-state index in [9.17, 15) is 30.6 Å². The molecule has 322 valence electrons. The van der Waals surface area contributed by atoms with Crippen LogP contribution in [0.3, 0.4) is 0 Å². The van der Waals surface area contributed by atoms with Crippen molar-refractivity contribution in [2.75, 3.05) is 19.0 Å². The number of ketones is 1. The van der Waals surface area contributed by atoms with Gasteiger partial charge in [-0.05, 0) is 157 Å². The monoisotopic (exact) mass is 839 g/mol. The average Bonchev–Trinajstić information content (AvgIpc) is 3.91. The van der Waals surface area contributed by atoms with Gasteiger partial charge in [0.05, 0.1) is 31.8 Å². The number of aromatic hydroxyl groups is 4. The first-order chi connectivity index (χ1) is 30.0. The van der Waals surface area contributed by atoms with Crippen LogP contribution >= 0.6 is 0 Å². The lowest BCUT2D eigenvalue weighted by molar-refractivity contribution is -0.132. The largest absolute Gasteiger partial charge is 0.508 e. The molecule has 12 nitrogen and oxygen atoms in total. The third-order valence-electron chi connectivity index (χ3n) is 13.9. The van der Waals surface area contributed by atoms with Gasteiger partial charge in [-0.15, -0.1) is 0 Å². The molecule has 62 heavy (non-hydrogen) atoms. The number of phenols is 4. The van der Waals surface area contributed by atoms with E-state index in [4.69, 9.17) is 14.5 Å². The van der Waals surface area contributed by atoms with Gasteiger partial charge in [-0.1, -0.05) is 18.2 Å². The number of H-pyrrole nitrogens is 1. The Hall–Kier alpha value is -6.24. The molecule has 1 fully saturated rings. The number of aromatic nitrogens is 2. The number of fused-ring (bicyclic) bond motifs is 7. The molecule has 3 aliphatic rings. The van der Waals surface area contributed by atoms with E-state index in [1.165, 1.54) is 13.2 Å². The molecular weight excluding hydrogens is 787 g/mol. The molecule has 9 rings (SSSR count). The maximum atomic E-state index is 15.8. The lowest BCUT2D eigenvalue weighted by Gasteiger charge is -2.45. The van der Waals surface area contributed by atoms with Crippen LogP contribution < -0.4 is 14.8 Å². The van der Waals surface area contributed by atoms with Gasteiger partial charge in [0.25, 0.3) is 0 Å². The lowest BCUT2D eigenvalue weighted by Crippen LogP contribution is -2.51. The fraction of sp³-hybridized carbons (Fsp3) is 0.360. The molecule has 6 aromatic rings. The van der Waals surface area contributed by atoms with E-state index in [2.05, 4.69) is 10.3 Å². The minimum atomic E-state index is -1.17. The number of aliphatic hydroxyl groups excluding tert-OH is 2. The van der Waals surface area contributed by atoms with E-state index in [0.29, 0.717) is 62.3 Å². The van der Waals surface area contributed by atoms with Crippen molar-refractivity contribution in [2.24, 2.45) is 11.8 Å². The van der Waals surface area contributed by atoms with Gasteiger partial charge in [0, 0.05) is 47.1 Å². The molecule has 1 aliphatic carbocycles. The number of hydrogen-bond acceptors (Lipinski definition) is 11. The number of benzene rings is 4. The maximum absolute atomic E-state index is 15.8. The van der Waals surface area contributed by atoms with Gasteiger partial charge in [-0.25, -0.2) is 4.98 Å². The number of aryl methyl sites for hydroxylation is 2. The first kappa shape index (κ1) is 41.1. The van der Waals surface area contributed by atoms with Gasteiger partial charge >= 0.3 is 0 Å². The first-order valence-electron chi connectivity index (χ1n) is 21.6. The van der Waals surface area contributed by atoms with Gasteiger partial charge in [0.2, 0.25) is 5.75 Å². The van der Waals surface area contributed by atoms with Crippen LogP contribution in [-0.4, -0.2) is 72.3 Å². The SMILES string of the molecule is COc1cc(C2CCc3c(ccc4cc(O)ccc34)Nc3cc(ccn3)C3(CCC(O)C3Cc3ccc[nH]3)C(C(O)CCc3ccc(O)c4c3CCCO4)C(=O)C2)cc(O)c1O. The summed E-state index contributed by atoms with van der Waals surface area (Å²) >= 11 is 0. The number of Topliss-reactive ketones (excluding diaryl/α,β-unsaturated/α-hetero) is 1. The Morgan fingerprint density at radius 3 is 2.65 bits per heavy atom. The van der Waals surface area contributed by atoms with Crippen molar-refractivity contribution in [3.8, 4) is 34.5 Å². The lowest BCUT2D eigenvalue weighted by atomic mass is 9.58. The average molecular weight is 840 g/mol. The van der Waals surface area contributed by atoms with E-state index in [0.717, 1.165) is 57.2 Å². The second-order valence-electron chi connectivity index (χ2n) is 17.3. The molecule has 2 bridgehead atoms. The zero-order chi connectivity index (χ0) is 43.1. The van der Waals surface area contributed by atoms with E-state index in [1.807, 2.05) is 54.7 Å². The van der Waals surface area contributed by atoms with E-state index >= 15 is 4.79 Å². The molecule has 4 heterocycles. The van der Waals surface area contributed by atoms with Crippen LogP contribution in [0.15, 0.2) is 91.3 Å².